The first-order valence-electron chi connectivity index (χ1n) is 8.92. The summed E-state index contributed by atoms with van der Waals surface area (Å²) < 4.78 is 0. The monoisotopic (exact) mass is 373 g/mol. The number of benzene rings is 1. The van der Waals surface area contributed by atoms with Crippen LogP contribution in [0, 0.1) is 5.92 Å². The van der Waals surface area contributed by atoms with E-state index in [2.05, 4.69) is 22.5 Å². The lowest BCUT2D eigenvalue weighted by Gasteiger charge is -2.34. The van der Waals surface area contributed by atoms with Crippen molar-refractivity contribution in [3.05, 3.63) is 23.8 Å². The number of rotatable bonds is 5. The fourth-order valence-electron chi connectivity index (χ4n) is 3.42. The van der Waals surface area contributed by atoms with Crippen molar-refractivity contribution in [1.82, 2.24) is 10.2 Å². The zero-order chi connectivity index (χ0) is 19.6. The predicted octanol–water partition coefficient (Wildman–Crippen LogP) is 0.512. The van der Waals surface area contributed by atoms with Crippen LogP contribution in [0.3, 0.4) is 0 Å². The highest BCUT2D eigenvalue weighted by atomic mass is 16.2. The number of nitrogens with one attached hydrogen (secondary N) is 2. The molecule has 27 heavy (non-hydrogen) atoms. The van der Waals surface area contributed by atoms with Crippen LogP contribution in [0.4, 0.5) is 16.2 Å². The molecule has 3 rings (SSSR count). The smallest absolute Gasteiger partial charge is 0.325 e. The molecule has 2 heterocycles. The van der Waals surface area contributed by atoms with E-state index in [1.807, 2.05) is 0 Å². The number of nitrogens with zero attached hydrogens (tertiary/aromatic N) is 2. The van der Waals surface area contributed by atoms with E-state index in [-0.39, 0.29) is 18.7 Å². The Labute approximate surface area is 156 Å². The van der Waals surface area contributed by atoms with Gasteiger partial charge in [0, 0.05) is 18.7 Å². The first-order valence-corrected chi connectivity index (χ1v) is 8.92. The number of carbonyl (C=O) groups is 4. The van der Waals surface area contributed by atoms with Gasteiger partial charge in [-0.3, -0.25) is 19.3 Å². The van der Waals surface area contributed by atoms with E-state index in [0.717, 1.165) is 36.5 Å². The van der Waals surface area contributed by atoms with Gasteiger partial charge in [0.25, 0.3) is 5.91 Å². The van der Waals surface area contributed by atoms with Gasteiger partial charge < -0.3 is 21.3 Å². The first kappa shape index (κ1) is 18.7. The Morgan fingerprint density at radius 1 is 1.33 bits per heavy atom. The molecule has 2 aliphatic heterocycles. The molecular weight excluding hydrogens is 350 g/mol. The molecule has 1 aromatic carbocycles. The summed E-state index contributed by atoms with van der Waals surface area (Å²) in [7, 11) is 0. The third-order valence-corrected chi connectivity index (χ3v) is 4.79. The Hall–Kier alpha value is -3.10. The highest BCUT2D eigenvalue weighted by Crippen LogP contribution is 2.31. The minimum atomic E-state index is -0.599. The van der Waals surface area contributed by atoms with Gasteiger partial charge in [0.2, 0.25) is 11.8 Å². The first-order chi connectivity index (χ1) is 12.8. The molecule has 2 aliphatic rings. The number of anilines is 2. The molecular formula is C18H23N5O4. The lowest BCUT2D eigenvalue weighted by molar-refractivity contribution is -0.128. The third-order valence-electron chi connectivity index (χ3n) is 4.79. The summed E-state index contributed by atoms with van der Waals surface area (Å²) in [5.74, 6) is -1.05. The van der Waals surface area contributed by atoms with Crippen LogP contribution in [-0.4, -0.2) is 54.8 Å². The molecule has 5 amide bonds. The molecule has 0 saturated carbocycles. The molecule has 0 aliphatic carbocycles. The maximum absolute atomic E-state index is 12.4. The Kier molecular flexibility index (Phi) is 5.29. The van der Waals surface area contributed by atoms with Gasteiger partial charge in [-0.2, -0.15) is 0 Å². The largest absolute Gasteiger partial charge is 0.370 e. The molecule has 0 aromatic heterocycles. The number of amides is 5. The van der Waals surface area contributed by atoms with Crippen LogP contribution in [0.15, 0.2) is 18.2 Å². The summed E-state index contributed by atoms with van der Waals surface area (Å²) in [6, 6.07) is 4.33. The maximum atomic E-state index is 12.4. The lowest BCUT2D eigenvalue weighted by atomic mass is 9.99. The van der Waals surface area contributed by atoms with Crippen LogP contribution in [0.2, 0.25) is 0 Å². The summed E-state index contributed by atoms with van der Waals surface area (Å²) in [4.78, 5) is 50.2. The molecule has 2 fully saturated rings. The SMILES string of the molecule is CC1CCCN(c2ccc(C(N)=O)cc2NC(=O)CN2C(=O)CNC2=O)C1. The van der Waals surface area contributed by atoms with E-state index < -0.39 is 23.8 Å². The minimum Gasteiger partial charge on any atom is -0.370 e. The van der Waals surface area contributed by atoms with Gasteiger partial charge in [-0.25, -0.2) is 4.79 Å². The number of piperidine rings is 1. The van der Waals surface area contributed by atoms with Crippen LogP contribution in [0.25, 0.3) is 0 Å². The number of carbonyl (C=O) groups excluding carboxylic acids is 4. The Bertz CT molecular complexity index is 778. The normalized spacial score (nSPS) is 19.8. The van der Waals surface area contributed by atoms with Gasteiger partial charge >= 0.3 is 6.03 Å². The Morgan fingerprint density at radius 2 is 2.11 bits per heavy atom. The topological polar surface area (TPSA) is 125 Å². The summed E-state index contributed by atoms with van der Waals surface area (Å²) in [5, 5.41) is 5.09. The van der Waals surface area contributed by atoms with Crippen molar-refractivity contribution < 1.29 is 19.2 Å². The zero-order valence-electron chi connectivity index (χ0n) is 15.2. The summed E-state index contributed by atoms with van der Waals surface area (Å²) >= 11 is 0. The van der Waals surface area contributed by atoms with Gasteiger partial charge in [0.1, 0.15) is 6.54 Å². The van der Waals surface area contributed by atoms with E-state index in [4.69, 9.17) is 5.73 Å². The molecule has 4 N–H and O–H groups in total. The highest BCUT2D eigenvalue weighted by molar-refractivity contribution is 6.07. The van der Waals surface area contributed by atoms with Crippen LogP contribution >= 0.6 is 0 Å². The van der Waals surface area contributed by atoms with Gasteiger partial charge in [0.05, 0.1) is 17.9 Å². The minimum absolute atomic E-state index is 0.111. The standard InChI is InChI=1S/C18H23N5O4/c1-11-3-2-6-22(9-11)14-5-4-12(17(19)26)7-13(14)21-15(24)10-23-16(25)8-20-18(23)27/h4-5,7,11H,2-3,6,8-10H2,1H3,(H2,19,26)(H,20,27)(H,21,24). The van der Waals surface area contributed by atoms with Crippen molar-refractivity contribution >= 4 is 35.1 Å². The quantitative estimate of drug-likeness (QED) is 0.649. The second kappa shape index (κ2) is 7.65. The number of hydrogen-bond acceptors (Lipinski definition) is 5. The fraction of sp³-hybridized carbons (Fsp3) is 0.444. The predicted molar refractivity (Wildman–Crippen MR) is 99.3 cm³/mol. The van der Waals surface area contributed by atoms with E-state index >= 15 is 0 Å². The Balaban J connectivity index is 1.82. The van der Waals surface area contributed by atoms with Crippen LogP contribution in [-0.2, 0) is 9.59 Å². The van der Waals surface area contributed by atoms with Crippen LogP contribution in [0.1, 0.15) is 30.1 Å². The van der Waals surface area contributed by atoms with Crippen molar-refractivity contribution in [3.8, 4) is 0 Å². The number of hydrogen-bond donors (Lipinski definition) is 3. The number of nitrogens with two attached hydrogens (primary N) is 1. The third kappa shape index (κ3) is 4.18. The summed E-state index contributed by atoms with van der Waals surface area (Å²) in [6.07, 6.45) is 2.18. The maximum Gasteiger partial charge on any atom is 0.325 e. The van der Waals surface area contributed by atoms with Gasteiger partial charge in [-0.05, 0) is 37.0 Å². The van der Waals surface area contributed by atoms with Crippen molar-refractivity contribution in [2.24, 2.45) is 11.7 Å². The van der Waals surface area contributed by atoms with Crippen molar-refractivity contribution in [2.45, 2.75) is 19.8 Å². The number of primary amides is 1. The summed E-state index contributed by atoms with van der Waals surface area (Å²) in [6.45, 7) is 3.35. The molecule has 2 saturated heterocycles. The average molecular weight is 373 g/mol. The van der Waals surface area contributed by atoms with E-state index in [0.29, 0.717) is 11.6 Å². The van der Waals surface area contributed by atoms with Gasteiger partial charge in [-0.15, -0.1) is 0 Å². The molecule has 1 aromatic rings. The second-order valence-corrected chi connectivity index (χ2v) is 6.98. The second-order valence-electron chi connectivity index (χ2n) is 6.98. The molecule has 1 unspecified atom stereocenters. The molecule has 144 valence electrons. The van der Waals surface area contributed by atoms with Crippen molar-refractivity contribution in [3.63, 3.8) is 0 Å². The molecule has 0 radical (unpaired) electrons. The lowest BCUT2D eigenvalue weighted by Crippen LogP contribution is -2.39. The zero-order valence-corrected chi connectivity index (χ0v) is 15.2. The number of urea groups is 1. The number of imide groups is 1. The molecule has 9 nitrogen and oxygen atoms in total. The molecule has 9 heteroatoms. The van der Waals surface area contributed by atoms with Crippen LogP contribution in [0.5, 0.6) is 0 Å². The molecule has 0 bridgehead atoms. The molecule has 1 atom stereocenters. The van der Waals surface area contributed by atoms with E-state index in [1.54, 1.807) is 12.1 Å². The Morgan fingerprint density at radius 3 is 2.74 bits per heavy atom. The van der Waals surface area contributed by atoms with Crippen molar-refractivity contribution in [1.29, 1.82) is 0 Å². The highest BCUT2D eigenvalue weighted by Gasteiger charge is 2.30. The molecule has 0 spiro atoms. The van der Waals surface area contributed by atoms with E-state index in [9.17, 15) is 19.2 Å². The van der Waals surface area contributed by atoms with Gasteiger partial charge in [0.15, 0.2) is 0 Å². The average Bonchev–Trinajstić information content (AvgIpc) is 2.93. The van der Waals surface area contributed by atoms with E-state index in [1.165, 1.54) is 6.07 Å². The fourth-order valence-corrected chi connectivity index (χ4v) is 3.42. The summed E-state index contributed by atoms with van der Waals surface area (Å²) in [5.41, 5.74) is 6.86. The van der Waals surface area contributed by atoms with Crippen LogP contribution < -0.4 is 21.3 Å². The van der Waals surface area contributed by atoms with Crippen molar-refractivity contribution in [2.75, 3.05) is 36.4 Å². The van der Waals surface area contributed by atoms with Gasteiger partial charge in [-0.1, -0.05) is 6.92 Å².